The number of carbonyl (C=O) groups is 1. The van der Waals surface area contributed by atoms with Crippen molar-refractivity contribution >= 4 is 5.97 Å². The Balaban J connectivity index is 1.34. The summed E-state index contributed by atoms with van der Waals surface area (Å²) in [6, 6.07) is 0.490. The molecular weight excluding hydrogens is 324 g/mol. The van der Waals surface area contributed by atoms with Crippen LogP contribution in [0.3, 0.4) is 0 Å². The number of fused-ring (bicyclic) bond motifs is 1. The molecule has 0 aliphatic carbocycles. The number of hydrogen-bond acceptors (Lipinski definition) is 7. The predicted octanol–water partition coefficient (Wildman–Crippen LogP) is -0.439. The number of aromatic nitrogens is 4. The zero-order chi connectivity index (χ0) is 17.3. The third-order valence-electron chi connectivity index (χ3n) is 6.09. The maximum Gasteiger partial charge on any atom is 0.312 e. The van der Waals surface area contributed by atoms with E-state index in [2.05, 4.69) is 25.3 Å². The Bertz CT molecular complexity index is 591. The Morgan fingerprint density at radius 1 is 1.24 bits per heavy atom. The second kappa shape index (κ2) is 6.97. The summed E-state index contributed by atoms with van der Waals surface area (Å²) in [6.07, 6.45) is 4.59. The predicted molar refractivity (Wildman–Crippen MR) is 87.8 cm³/mol. The number of tetrazole rings is 1. The third-order valence-corrected chi connectivity index (χ3v) is 6.09. The highest BCUT2D eigenvalue weighted by Crippen LogP contribution is 2.44. The van der Waals surface area contributed by atoms with Crippen LogP contribution in [0.2, 0.25) is 0 Å². The van der Waals surface area contributed by atoms with Crippen molar-refractivity contribution in [2.45, 2.75) is 31.8 Å². The van der Waals surface area contributed by atoms with E-state index in [1.807, 2.05) is 0 Å². The summed E-state index contributed by atoms with van der Waals surface area (Å²) >= 11 is 0. The van der Waals surface area contributed by atoms with Gasteiger partial charge in [-0.15, -0.1) is 5.10 Å². The van der Waals surface area contributed by atoms with Gasteiger partial charge in [0.15, 0.2) is 0 Å². The van der Waals surface area contributed by atoms with E-state index in [-0.39, 0.29) is 5.92 Å². The lowest BCUT2D eigenvalue weighted by molar-refractivity contribution is -0.149. The van der Waals surface area contributed by atoms with Crippen LogP contribution in [0.4, 0.5) is 0 Å². The van der Waals surface area contributed by atoms with E-state index < -0.39 is 11.4 Å². The largest absolute Gasteiger partial charge is 0.481 e. The molecule has 4 heterocycles. The van der Waals surface area contributed by atoms with Crippen LogP contribution in [-0.4, -0.2) is 93.1 Å². The molecule has 9 heteroatoms. The molecular formula is C16H26N6O3. The summed E-state index contributed by atoms with van der Waals surface area (Å²) in [5.74, 6) is -0.407. The fourth-order valence-electron chi connectivity index (χ4n) is 4.75. The topological polar surface area (TPSA) is 96.6 Å². The Labute approximate surface area is 146 Å². The summed E-state index contributed by atoms with van der Waals surface area (Å²) in [4.78, 5) is 16.9. The van der Waals surface area contributed by atoms with Crippen molar-refractivity contribution in [3.63, 3.8) is 0 Å². The van der Waals surface area contributed by atoms with E-state index >= 15 is 0 Å². The van der Waals surface area contributed by atoms with Crippen LogP contribution in [-0.2, 0) is 16.1 Å². The Hall–Kier alpha value is -1.58. The monoisotopic (exact) mass is 350 g/mol. The fraction of sp³-hybridized carbons (Fsp3) is 0.875. The molecule has 1 N–H and O–H groups in total. The molecule has 25 heavy (non-hydrogen) atoms. The van der Waals surface area contributed by atoms with Crippen LogP contribution in [0.5, 0.6) is 0 Å². The van der Waals surface area contributed by atoms with Crippen molar-refractivity contribution in [3.05, 3.63) is 6.33 Å². The SMILES string of the molecule is O=C(O)[C@]12CN(CCCn3cnnn3)C[C@H]1CN(C1CCOCC1)C2. The summed E-state index contributed by atoms with van der Waals surface area (Å²) in [6.45, 7) is 6.38. The van der Waals surface area contributed by atoms with Gasteiger partial charge in [-0.25, -0.2) is 4.68 Å². The van der Waals surface area contributed by atoms with E-state index in [0.29, 0.717) is 19.1 Å². The maximum atomic E-state index is 12.1. The van der Waals surface area contributed by atoms with Crippen LogP contribution < -0.4 is 0 Å². The molecule has 138 valence electrons. The number of carboxylic acid groups (broad SMARTS) is 1. The standard InChI is InChI=1S/C16H26N6O3/c23-15(24)16-10-20(4-1-5-22-12-17-18-19-22)8-13(16)9-21(11-16)14-2-6-25-7-3-14/h12-14H,1-11H2,(H,23,24)/t13-,16-/m0/s1. The van der Waals surface area contributed by atoms with Crippen LogP contribution in [0.25, 0.3) is 0 Å². The minimum absolute atomic E-state index is 0.223. The zero-order valence-electron chi connectivity index (χ0n) is 14.5. The smallest absolute Gasteiger partial charge is 0.312 e. The van der Waals surface area contributed by atoms with E-state index in [9.17, 15) is 9.90 Å². The number of hydrogen-bond donors (Lipinski definition) is 1. The van der Waals surface area contributed by atoms with Gasteiger partial charge in [0.25, 0.3) is 0 Å². The summed E-state index contributed by atoms with van der Waals surface area (Å²) in [7, 11) is 0. The molecule has 0 unspecified atom stereocenters. The highest BCUT2D eigenvalue weighted by molar-refractivity contribution is 5.77. The molecule has 3 aliphatic heterocycles. The van der Waals surface area contributed by atoms with Crippen molar-refractivity contribution in [2.75, 3.05) is 45.9 Å². The van der Waals surface area contributed by atoms with Crippen molar-refractivity contribution in [2.24, 2.45) is 11.3 Å². The van der Waals surface area contributed by atoms with Gasteiger partial charge in [0, 0.05) is 57.9 Å². The number of carboxylic acids is 1. The van der Waals surface area contributed by atoms with Gasteiger partial charge < -0.3 is 14.7 Å². The first-order valence-corrected chi connectivity index (χ1v) is 9.16. The lowest BCUT2D eigenvalue weighted by atomic mass is 9.81. The highest BCUT2D eigenvalue weighted by Gasteiger charge is 2.58. The molecule has 4 rings (SSSR count). The zero-order valence-corrected chi connectivity index (χ0v) is 14.5. The molecule has 0 radical (unpaired) electrons. The Morgan fingerprint density at radius 2 is 2.08 bits per heavy atom. The lowest BCUT2D eigenvalue weighted by Crippen LogP contribution is -2.44. The average Bonchev–Trinajstić information content (AvgIpc) is 3.30. The summed E-state index contributed by atoms with van der Waals surface area (Å²) < 4.78 is 7.17. The molecule has 1 aromatic heterocycles. The van der Waals surface area contributed by atoms with Gasteiger partial charge in [0.05, 0.1) is 5.41 Å². The van der Waals surface area contributed by atoms with Gasteiger partial charge in [0.1, 0.15) is 6.33 Å². The molecule has 3 aliphatic rings. The lowest BCUT2D eigenvalue weighted by Gasteiger charge is -2.33. The maximum absolute atomic E-state index is 12.1. The first kappa shape index (κ1) is 16.9. The first-order chi connectivity index (χ1) is 12.2. The summed E-state index contributed by atoms with van der Waals surface area (Å²) in [5.41, 5.74) is -0.604. The van der Waals surface area contributed by atoms with E-state index in [4.69, 9.17) is 4.74 Å². The van der Waals surface area contributed by atoms with Gasteiger partial charge in [-0.1, -0.05) is 0 Å². The first-order valence-electron chi connectivity index (χ1n) is 9.16. The van der Waals surface area contributed by atoms with Crippen LogP contribution >= 0.6 is 0 Å². The minimum Gasteiger partial charge on any atom is -0.481 e. The second-order valence-corrected chi connectivity index (χ2v) is 7.59. The summed E-state index contributed by atoms with van der Waals surface area (Å²) in [5, 5.41) is 21.1. The van der Waals surface area contributed by atoms with Crippen LogP contribution in [0.15, 0.2) is 6.33 Å². The molecule has 9 nitrogen and oxygen atoms in total. The number of aliphatic carboxylic acids is 1. The third kappa shape index (κ3) is 3.28. The van der Waals surface area contributed by atoms with E-state index in [0.717, 1.165) is 58.7 Å². The second-order valence-electron chi connectivity index (χ2n) is 7.59. The van der Waals surface area contributed by atoms with Gasteiger partial charge in [-0.05, 0) is 36.2 Å². The van der Waals surface area contributed by atoms with Gasteiger partial charge in [-0.2, -0.15) is 0 Å². The Morgan fingerprint density at radius 3 is 2.76 bits per heavy atom. The average molecular weight is 350 g/mol. The minimum atomic E-state index is -0.630. The highest BCUT2D eigenvalue weighted by atomic mass is 16.5. The number of aryl methyl sites for hydroxylation is 1. The molecule has 3 fully saturated rings. The number of ether oxygens (including phenoxy) is 1. The molecule has 0 amide bonds. The quantitative estimate of drug-likeness (QED) is 0.738. The van der Waals surface area contributed by atoms with Gasteiger partial charge >= 0.3 is 5.97 Å². The number of rotatable bonds is 6. The molecule has 0 spiro atoms. The number of likely N-dealkylation sites (tertiary alicyclic amines) is 2. The Kier molecular flexibility index (Phi) is 4.70. The van der Waals surface area contributed by atoms with Gasteiger partial charge in [0.2, 0.25) is 0 Å². The number of nitrogens with zero attached hydrogens (tertiary/aromatic N) is 6. The fourth-order valence-corrected chi connectivity index (χ4v) is 4.75. The van der Waals surface area contributed by atoms with E-state index in [1.54, 1.807) is 11.0 Å². The van der Waals surface area contributed by atoms with Gasteiger partial charge in [-0.3, -0.25) is 9.69 Å². The normalized spacial score (nSPS) is 31.4. The molecule has 0 bridgehead atoms. The van der Waals surface area contributed by atoms with Crippen molar-refractivity contribution in [1.82, 2.24) is 30.0 Å². The van der Waals surface area contributed by atoms with Crippen LogP contribution in [0, 0.1) is 11.3 Å². The van der Waals surface area contributed by atoms with Crippen LogP contribution in [0.1, 0.15) is 19.3 Å². The molecule has 3 saturated heterocycles. The van der Waals surface area contributed by atoms with E-state index in [1.165, 1.54) is 0 Å². The molecule has 1 aromatic rings. The van der Waals surface area contributed by atoms with Crippen molar-refractivity contribution in [3.8, 4) is 0 Å². The molecule has 2 atom stereocenters. The van der Waals surface area contributed by atoms with Crippen molar-refractivity contribution < 1.29 is 14.6 Å². The molecule has 0 saturated carbocycles. The van der Waals surface area contributed by atoms with Crippen molar-refractivity contribution in [1.29, 1.82) is 0 Å². The molecule has 0 aromatic carbocycles.